The van der Waals surface area contributed by atoms with E-state index >= 15 is 0 Å². The molecule has 0 spiro atoms. The summed E-state index contributed by atoms with van der Waals surface area (Å²) in [6.07, 6.45) is -0.409. The Labute approximate surface area is 132 Å². The van der Waals surface area contributed by atoms with E-state index in [4.69, 9.17) is 26.2 Å². The van der Waals surface area contributed by atoms with Crippen LogP contribution < -0.4 is 4.74 Å². The van der Waals surface area contributed by atoms with Crippen LogP contribution in [0.4, 0.5) is 0 Å². The summed E-state index contributed by atoms with van der Waals surface area (Å²) in [6, 6.07) is 5.35. The maximum absolute atomic E-state index is 12.6. The number of hydrogen-bond acceptors (Lipinski definition) is 4. The number of benzene rings is 1. The molecule has 1 N–H and O–H groups in total. The molecule has 0 radical (unpaired) electrons. The third-order valence-corrected chi connectivity index (χ3v) is 4.17. The fraction of sp³-hybridized carbons (Fsp3) is 0.467. The van der Waals surface area contributed by atoms with E-state index in [0.29, 0.717) is 24.6 Å². The smallest absolute Gasteiger partial charge is 0.334 e. The Hall–Kier alpha value is -1.79. The molecule has 22 heavy (non-hydrogen) atoms. The normalized spacial score (nSPS) is 24.3. The first-order valence-electron chi connectivity index (χ1n) is 7.09. The Morgan fingerprint density at radius 2 is 2.18 bits per heavy atom. The highest BCUT2D eigenvalue weighted by molar-refractivity contribution is 6.30. The standard InChI is InChI=1S/C15H16ClNO5/c16-11-1-2-12-9(6-11)5-10(8-22-12)14(18)17-3-4-21-13(7-17)15(19)20/h1-2,6,10,13H,3-5,7-8H2,(H,19,20). The zero-order valence-corrected chi connectivity index (χ0v) is 12.6. The van der Waals surface area contributed by atoms with E-state index in [1.54, 1.807) is 23.1 Å². The monoisotopic (exact) mass is 325 g/mol. The number of rotatable bonds is 2. The molecule has 2 heterocycles. The van der Waals surface area contributed by atoms with Gasteiger partial charge in [-0.15, -0.1) is 0 Å². The van der Waals surface area contributed by atoms with Gasteiger partial charge in [0.2, 0.25) is 5.91 Å². The molecule has 0 aromatic heterocycles. The molecule has 0 bridgehead atoms. The quantitative estimate of drug-likeness (QED) is 0.884. The van der Waals surface area contributed by atoms with Crippen LogP contribution in [-0.4, -0.2) is 54.3 Å². The van der Waals surface area contributed by atoms with E-state index in [0.717, 1.165) is 11.3 Å². The molecular formula is C15H16ClNO5. The van der Waals surface area contributed by atoms with Crippen molar-refractivity contribution in [3.05, 3.63) is 28.8 Å². The second kappa shape index (κ2) is 6.14. The van der Waals surface area contributed by atoms with Gasteiger partial charge in [-0.25, -0.2) is 4.79 Å². The lowest BCUT2D eigenvalue weighted by Gasteiger charge is -2.34. The molecular weight excluding hydrogens is 310 g/mol. The number of fused-ring (bicyclic) bond motifs is 1. The topological polar surface area (TPSA) is 76.1 Å². The Balaban J connectivity index is 1.69. The summed E-state index contributed by atoms with van der Waals surface area (Å²) in [4.78, 5) is 25.1. The van der Waals surface area contributed by atoms with Gasteiger partial charge in [0.1, 0.15) is 12.4 Å². The van der Waals surface area contributed by atoms with Gasteiger partial charge in [-0.3, -0.25) is 4.79 Å². The van der Waals surface area contributed by atoms with Gasteiger partial charge in [-0.1, -0.05) is 11.6 Å². The van der Waals surface area contributed by atoms with Crippen molar-refractivity contribution in [2.45, 2.75) is 12.5 Å². The summed E-state index contributed by atoms with van der Waals surface area (Å²) in [5.74, 6) is -0.716. The Kier molecular flexibility index (Phi) is 4.22. The SMILES string of the molecule is O=C(O)C1CN(C(=O)C2COc3ccc(Cl)cc3C2)CCO1. The molecule has 118 valence electrons. The molecule has 6 nitrogen and oxygen atoms in total. The molecule has 1 saturated heterocycles. The Bertz CT molecular complexity index is 606. The molecule has 2 unspecified atom stereocenters. The molecule has 2 aliphatic rings. The van der Waals surface area contributed by atoms with E-state index in [-0.39, 0.29) is 25.0 Å². The lowest BCUT2D eigenvalue weighted by atomic mass is 9.95. The number of morpholine rings is 1. The van der Waals surface area contributed by atoms with Crippen molar-refractivity contribution in [3.8, 4) is 5.75 Å². The van der Waals surface area contributed by atoms with Crippen molar-refractivity contribution >= 4 is 23.5 Å². The van der Waals surface area contributed by atoms with Gasteiger partial charge in [0.25, 0.3) is 0 Å². The van der Waals surface area contributed by atoms with Crippen molar-refractivity contribution in [1.82, 2.24) is 4.90 Å². The Morgan fingerprint density at radius 1 is 1.36 bits per heavy atom. The van der Waals surface area contributed by atoms with Crippen LogP contribution in [0.2, 0.25) is 5.02 Å². The van der Waals surface area contributed by atoms with Crippen molar-refractivity contribution in [1.29, 1.82) is 0 Å². The van der Waals surface area contributed by atoms with Gasteiger partial charge in [-0.2, -0.15) is 0 Å². The summed E-state index contributed by atoms with van der Waals surface area (Å²) in [5, 5.41) is 9.61. The molecule has 2 aliphatic heterocycles. The summed E-state index contributed by atoms with van der Waals surface area (Å²) >= 11 is 5.97. The number of carboxylic acids is 1. The van der Waals surface area contributed by atoms with Crippen LogP contribution in [0.25, 0.3) is 0 Å². The zero-order valence-electron chi connectivity index (χ0n) is 11.8. The number of halogens is 1. The van der Waals surface area contributed by atoms with Crippen LogP contribution in [0.15, 0.2) is 18.2 Å². The van der Waals surface area contributed by atoms with Crippen LogP contribution in [0, 0.1) is 5.92 Å². The molecule has 1 aromatic carbocycles. The summed E-state index contributed by atoms with van der Waals surface area (Å²) in [7, 11) is 0. The highest BCUT2D eigenvalue weighted by Crippen LogP contribution is 2.30. The zero-order chi connectivity index (χ0) is 15.7. The first kappa shape index (κ1) is 15.1. The molecule has 0 aliphatic carbocycles. The summed E-state index contributed by atoms with van der Waals surface area (Å²) < 4.78 is 10.8. The van der Waals surface area contributed by atoms with Gasteiger partial charge in [-0.05, 0) is 30.2 Å². The molecule has 2 atom stereocenters. The van der Waals surface area contributed by atoms with E-state index in [9.17, 15) is 9.59 Å². The van der Waals surface area contributed by atoms with E-state index in [1.165, 1.54) is 0 Å². The van der Waals surface area contributed by atoms with Gasteiger partial charge in [0.05, 0.1) is 19.1 Å². The number of carboxylic acid groups (broad SMARTS) is 1. The van der Waals surface area contributed by atoms with Gasteiger partial charge < -0.3 is 19.5 Å². The Morgan fingerprint density at radius 3 is 2.95 bits per heavy atom. The lowest BCUT2D eigenvalue weighted by Crippen LogP contribution is -2.51. The van der Waals surface area contributed by atoms with Gasteiger partial charge in [0, 0.05) is 11.6 Å². The average Bonchev–Trinajstić information content (AvgIpc) is 2.53. The van der Waals surface area contributed by atoms with Gasteiger partial charge in [0.15, 0.2) is 6.10 Å². The maximum Gasteiger partial charge on any atom is 0.334 e. The highest BCUT2D eigenvalue weighted by Gasteiger charge is 2.34. The maximum atomic E-state index is 12.6. The predicted molar refractivity (Wildman–Crippen MR) is 78.1 cm³/mol. The summed E-state index contributed by atoms with van der Waals surface area (Å²) in [6.45, 7) is 1.01. The molecule has 1 amide bonds. The number of amides is 1. The van der Waals surface area contributed by atoms with Crippen LogP contribution in [0.1, 0.15) is 5.56 Å². The first-order chi connectivity index (χ1) is 10.5. The van der Waals surface area contributed by atoms with E-state index in [1.807, 2.05) is 0 Å². The summed E-state index contributed by atoms with van der Waals surface area (Å²) in [5.41, 5.74) is 0.903. The van der Waals surface area contributed by atoms with Crippen LogP contribution >= 0.6 is 11.6 Å². The van der Waals surface area contributed by atoms with Crippen LogP contribution in [0.3, 0.4) is 0 Å². The van der Waals surface area contributed by atoms with Crippen LogP contribution in [-0.2, 0) is 20.7 Å². The average molecular weight is 326 g/mol. The molecule has 1 aromatic rings. The second-order valence-corrected chi connectivity index (χ2v) is 5.88. The number of carbonyl (C=O) groups excluding carboxylic acids is 1. The fourth-order valence-electron chi connectivity index (χ4n) is 2.78. The first-order valence-corrected chi connectivity index (χ1v) is 7.47. The minimum Gasteiger partial charge on any atom is -0.492 e. The number of hydrogen-bond donors (Lipinski definition) is 1. The molecule has 3 rings (SSSR count). The molecule has 1 fully saturated rings. The van der Waals surface area contributed by atoms with Crippen molar-refractivity contribution in [2.75, 3.05) is 26.3 Å². The fourth-order valence-corrected chi connectivity index (χ4v) is 2.97. The number of nitrogens with zero attached hydrogens (tertiary/aromatic N) is 1. The van der Waals surface area contributed by atoms with Crippen molar-refractivity contribution < 1.29 is 24.2 Å². The number of carbonyl (C=O) groups is 2. The predicted octanol–water partition coefficient (Wildman–Crippen LogP) is 1.20. The molecule has 7 heteroatoms. The number of aliphatic carboxylic acids is 1. The number of ether oxygens (including phenoxy) is 2. The van der Waals surface area contributed by atoms with Gasteiger partial charge >= 0.3 is 5.97 Å². The lowest BCUT2D eigenvalue weighted by molar-refractivity contribution is -0.160. The van der Waals surface area contributed by atoms with Crippen molar-refractivity contribution in [2.24, 2.45) is 5.92 Å². The van der Waals surface area contributed by atoms with E-state index in [2.05, 4.69) is 0 Å². The van der Waals surface area contributed by atoms with Crippen LogP contribution in [0.5, 0.6) is 5.75 Å². The third-order valence-electron chi connectivity index (χ3n) is 3.93. The highest BCUT2D eigenvalue weighted by atomic mass is 35.5. The molecule has 0 saturated carbocycles. The third kappa shape index (κ3) is 3.03. The minimum absolute atomic E-state index is 0.0765. The van der Waals surface area contributed by atoms with E-state index < -0.39 is 12.1 Å². The second-order valence-electron chi connectivity index (χ2n) is 5.45. The largest absolute Gasteiger partial charge is 0.492 e. The van der Waals surface area contributed by atoms with Crippen molar-refractivity contribution in [3.63, 3.8) is 0 Å². The minimum atomic E-state index is -1.05.